The van der Waals surface area contributed by atoms with Crippen molar-refractivity contribution in [2.45, 2.75) is 25.7 Å². The Morgan fingerprint density at radius 1 is 0.310 bits per heavy atom. The van der Waals surface area contributed by atoms with Gasteiger partial charge in [0.05, 0.1) is 319 Å². The molecule has 0 radical (unpaired) electrons. The molecule has 0 aromatic rings. The molecule has 0 aromatic carbocycles. The second kappa shape index (κ2) is 68.0. The quantitative estimate of drug-likeness (QED) is 0.0240. The minimum absolute atomic E-state index is 0.0265. The van der Waals surface area contributed by atoms with Crippen molar-refractivity contribution in [3.63, 3.8) is 0 Å². The number of unbranched alkanes of at least 4 members (excludes halogenated alkanes) is 2. The minimum Gasteiger partial charge on any atom is -0.493 e. The van der Waals surface area contributed by atoms with Crippen LogP contribution in [0.15, 0.2) is 79.2 Å². The molecule has 0 saturated heterocycles. The first-order chi connectivity index (χ1) is 55.3. The predicted octanol–water partition coefficient (Wildman–Crippen LogP) is 0.571. The SMILES string of the molecule is COCCOCCOCCOCCOCCOCCOCCOCCNS(=O)(=O)C1=CC(S(=O)(=O)NCCOCCOCCOCCOCCOCCOCCOCCOC)=C2C=CC3=C(S(=O)(=O)NCCOCCOCCOCCOCCOCCOCCOCCOC)C=C(OCCCCCC(=O)NN)C4=CC=C1C2C43. The molecule has 37 nitrogen and oxygen atoms in total. The number of nitrogens with two attached hydrogens (primary N) is 1. The van der Waals surface area contributed by atoms with E-state index >= 15 is 0 Å². The Labute approximate surface area is 668 Å². The predicted molar refractivity (Wildman–Crippen MR) is 413 cm³/mol. The van der Waals surface area contributed by atoms with Crippen LogP contribution in [0.3, 0.4) is 0 Å². The third kappa shape index (κ3) is 47.5. The highest BCUT2D eigenvalue weighted by molar-refractivity contribution is 7.95. The van der Waals surface area contributed by atoms with E-state index in [1.807, 2.05) is 0 Å². The summed E-state index contributed by atoms with van der Waals surface area (Å²) < 4.78 is 234. The molecule has 0 spiro atoms. The topological polar surface area (TPSA) is 424 Å². The number of hydrazine groups is 1. The van der Waals surface area contributed by atoms with Gasteiger partial charge in [0.15, 0.2) is 0 Å². The van der Waals surface area contributed by atoms with Crippen molar-refractivity contribution in [3.8, 4) is 0 Å². The number of rotatable bonds is 85. The number of methoxy groups -OCH3 is 3. The fourth-order valence-electron chi connectivity index (χ4n) is 10.7. The summed E-state index contributed by atoms with van der Waals surface area (Å²) in [5.74, 6) is 3.10. The average Bonchev–Trinajstić information content (AvgIpc) is 0.705. The number of allylic oxidation sites excluding steroid dienone is 10. The summed E-state index contributed by atoms with van der Waals surface area (Å²) in [6.45, 7) is 15.6. The molecule has 656 valence electrons. The summed E-state index contributed by atoms with van der Waals surface area (Å²) in [6, 6.07) is 0. The van der Waals surface area contributed by atoms with Crippen LogP contribution in [0, 0.1) is 11.8 Å². The first-order valence-electron chi connectivity index (χ1n) is 38.6. The highest BCUT2D eigenvalue weighted by Gasteiger charge is 2.49. The lowest BCUT2D eigenvalue weighted by Crippen LogP contribution is -2.40. The fraction of sp³-hybridized carbons (Fsp3) is 0.795. The molecule has 4 aliphatic carbocycles. The maximum Gasteiger partial charge on any atom is 0.241 e. The van der Waals surface area contributed by atoms with E-state index in [9.17, 15) is 30.0 Å². The van der Waals surface area contributed by atoms with Crippen molar-refractivity contribution in [2.75, 3.05) is 345 Å². The van der Waals surface area contributed by atoms with Gasteiger partial charge in [0.25, 0.3) is 0 Å². The van der Waals surface area contributed by atoms with Gasteiger partial charge in [0, 0.05) is 70.9 Å². The maximum atomic E-state index is 14.7. The van der Waals surface area contributed by atoms with E-state index in [0.717, 1.165) is 6.08 Å². The zero-order valence-electron chi connectivity index (χ0n) is 66.5. The molecule has 4 rings (SSSR count). The number of hydrogen-bond acceptors (Lipinski definition) is 33. The van der Waals surface area contributed by atoms with Gasteiger partial charge in [-0.3, -0.25) is 10.2 Å². The summed E-state index contributed by atoms with van der Waals surface area (Å²) in [5, 5.41) is 0. The summed E-state index contributed by atoms with van der Waals surface area (Å²) in [7, 11) is -8.63. The third-order valence-corrected chi connectivity index (χ3v) is 20.7. The molecule has 2 atom stereocenters. The number of carbonyl (C=O) groups excluding carboxylic acids is 1. The van der Waals surface area contributed by atoms with Gasteiger partial charge in [-0.1, -0.05) is 24.3 Å². The second-order valence-corrected chi connectivity index (χ2v) is 29.7. The minimum atomic E-state index is -4.54. The van der Waals surface area contributed by atoms with E-state index < -0.39 is 41.9 Å². The Hall–Kier alpha value is -3.82. The number of amides is 1. The molecular formula is C73H129N5O32S3. The number of hydrogen-bond donors (Lipinski definition) is 5. The molecule has 113 heavy (non-hydrogen) atoms. The Morgan fingerprint density at radius 3 is 0.841 bits per heavy atom. The average molecular weight is 1690 g/mol. The largest absolute Gasteiger partial charge is 0.493 e. The van der Waals surface area contributed by atoms with Gasteiger partial charge in [-0.2, -0.15) is 0 Å². The van der Waals surface area contributed by atoms with E-state index in [1.165, 1.54) is 12.2 Å². The van der Waals surface area contributed by atoms with E-state index in [0.29, 0.717) is 249 Å². The lowest BCUT2D eigenvalue weighted by atomic mass is 9.64. The maximum absolute atomic E-state index is 14.7. The molecule has 2 unspecified atom stereocenters. The van der Waals surface area contributed by atoms with E-state index in [1.54, 1.807) is 39.6 Å². The van der Waals surface area contributed by atoms with Crippen molar-refractivity contribution >= 4 is 36.0 Å². The normalized spacial score (nSPS) is 15.6. The molecule has 0 fully saturated rings. The van der Waals surface area contributed by atoms with Gasteiger partial charge < -0.3 is 118 Å². The van der Waals surface area contributed by atoms with Crippen LogP contribution in [0.1, 0.15) is 25.7 Å². The number of sulfonamides is 3. The highest BCUT2D eigenvalue weighted by atomic mass is 32.2. The first-order valence-corrected chi connectivity index (χ1v) is 43.0. The number of carbonyl (C=O) groups is 1. The molecule has 40 heteroatoms. The molecule has 4 aliphatic rings. The summed E-state index contributed by atoms with van der Waals surface area (Å²) in [6.07, 6.45) is 10.6. The summed E-state index contributed by atoms with van der Waals surface area (Å²) >= 11 is 0. The van der Waals surface area contributed by atoms with Crippen LogP contribution in [0.5, 0.6) is 0 Å². The van der Waals surface area contributed by atoms with Gasteiger partial charge in [0.1, 0.15) is 5.76 Å². The third-order valence-electron chi connectivity index (χ3n) is 16.2. The van der Waals surface area contributed by atoms with Crippen LogP contribution in [-0.4, -0.2) is 376 Å². The van der Waals surface area contributed by atoms with Crippen LogP contribution >= 0.6 is 0 Å². The molecule has 0 saturated carbocycles. The Kier molecular flexibility index (Phi) is 61.1. The van der Waals surface area contributed by atoms with E-state index in [2.05, 4.69) is 19.6 Å². The molecule has 0 bridgehead atoms. The van der Waals surface area contributed by atoms with Crippen LogP contribution in [0.2, 0.25) is 0 Å². The second-order valence-electron chi connectivity index (χ2n) is 24.4. The van der Waals surface area contributed by atoms with Crippen molar-refractivity contribution in [1.29, 1.82) is 0 Å². The molecule has 0 heterocycles. The van der Waals surface area contributed by atoms with E-state index in [-0.39, 0.29) is 148 Å². The zero-order chi connectivity index (χ0) is 81.1. The summed E-state index contributed by atoms with van der Waals surface area (Å²) in [4.78, 5) is 11.0. The van der Waals surface area contributed by atoms with Crippen molar-refractivity contribution in [2.24, 2.45) is 17.7 Å². The number of nitrogens with one attached hydrogen (secondary N) is 4. The zero-order valence-corrected chi connectivity index (χ0v) is 68.9. The van der Waals surface area contributed by atoms with Crippen molar-refractivity contribution in [1.82, 2.24) is 19.6 Å². The highest BCUT2D eigenvalue weighted by Crippen LogP contribution is 2.55. The lowest BCUT2D eigenvalue weighted by molar-refractivity contribution is -0.121. The summed E-state index contributed by atoms with van der Waals surface area (Å²) in [5.41, 5.74) is 3.27. The lowest BCUT2D eigenvalue weighted by Gasteiger charge is -2.43. The van der Waals surface area contributed by atoms with Crippen LogP contribution in [0.25, 0.3) is 0 Å². The Bertz CT molecular complexity index is 3040. The van der Waals surface area contributed by atoms with Crippen molar-refractivity contribution in [3.05, 3.63) is 79.2 Å². The van der Waals surface area contributed by atoms with E-state index in [4.69, 9.17) is 124 Å². The fourth-order valence-corrected chi connectivity index (χ4v) is 14.6. The van der Waals surface area contributed by atoms with Crippen LogP contribution in [0.4, 0.5) is 0 Å². The first kappa shape index (κ1) is 102. The Balaban J connectivity index is 1.33. The standard InChI is InChI=1S/C73H129N5O32S3/c1-86-19-22-92-31-34-98-43-46-104-55-58-107-52-49-101-40-37-95-28-25-89-16-12-75-111(80,81)68-61-67(110-15-6-4-5-7-71(79)78-74)63-8-9-65-69(112(82,83)76-13-17-90-26-29-96-38-41-102-50-53-108-59-56-105-47-44-99-35-32-93-23-20-87-2)62-70(66-11-10-64(68)72(63)73(65)66)113(84,85)77-14-18-91-27-30-97-39-42-103-51-54-109-60-57-106-48-45-100-36-33-94-24-21-88-3/h8-11,61-62,72-73,75-77H,4-7,12-60,74H2,1-3H3,(H,78,79). The molecular weight excluding hydrogens is 1560 g/mol. The van der Waals surface area contributed by atoms with Crippen LogP contribution in [-0.2, 0) is 153 Å². The Morgan fingerprint density at radius 2 is 0.558 bits per heavy atom. The van der Waals surface area contributed by atoms with Gasteiger partial charge in [-0.15, -0.1) is 0 Å². The van der Waals surface area contributed by atoms with Gasteiger partial charge in [-0.25, -0.2) is 45.3 Å². The van der Waals surface area contributed by atoms with Crippen molar-refractivity contribution < 1.29 is 148 Å². The smallest absolute Gasteiger partial charge is 0.241 e. The van der Waals surface area contributed by atoms with Gasteiger partial charge in [0.2, 0.25) is 36.0 Å². The molecule has 0 aromatic heterocycles. The molecule has 0 aliphatic heterocycles. The van der Waals surface area contributed by atoms with Gasteiger partial charge >= 0.3 is 0 Å². The van der Waals surface area contributed by atoms with Crippen LogP contribution < -0.4 is 25.4 Å². The number of ether oxygens (including phenoxy) is 25. The monoisotopic (exact) mass is 1680 g/mol. The molecule has 1 amide bonds. The van der Waals surface area contributed by atoms with Gasteiger partial charge in [-0.05, 0) is 42.1 Å². The molecule has 6 N–H and O–H groups in total.